The second kappa shape index (κ2) is 11.5. The third kappa shape index (κ3) is 9.51. The molecule has 0 spiro atoms. The molecule has 12 heteroatoms. The van der Waals surface area contributed by atoms with Crippen molar-refractivity contribution < 1.29 is 57.3 Å². The van der Waals surface area contributed by atoms with Crippen LogP contribution in [0, 0.1) is 0 Å². The van der Waals surface area contributed by atoms with Crippen molar-refractivity contribution >= 4 is 47.8 Å². The van der Waals surface area contributed by atoms with Gasteiger partial charge < -0.3 is 18.9 Å². The van der Waals surface area contributed by atoms with Gasteiger partial charge in [0.2, 0.25) is 0 Å². The van der Waals surface area contributed by atoms with Gasteiger partial charge in [0.1, 0.15) is 0 Å². The highest BCUT2D eigenvalue weighted by Gasteiger charge is 2.24. The maximum atomic E-state index is 10.3. The number of hydrogen-bond acceptors (Lipinski definition) is 12. The van der Waals surface area contributed by atoms with E-state index in [4.69, 9.17) is 0 Å². The molecular weight excluding hydrogens is 420 g/mol. The maximum absolute atomic E-state index is 10.3. The molecule has 0 aromatic heterocycles. The van der Waals surface area contributed by atoms with E-state index >= 15 is 0 Å². The summed E-state index contributed by atoms with van der Waals surface area (Å²) in [4.78, 5) is 81.0. The fourth-order valence-corrected chi connectivity index (χ4v) is 1.64. The second-order valence-electron chi connectivity index (χ2n) is 5.55. The smallest absolute Gasteiger partial charge is 0.341 e. The lowest BCUT2D eigenvalue weighted by atomic mass is 10.3. The highest BCUT2D eigenvalue weighted by atomic mass is 16.6. The summed E-state index contributed by atoms with van der Waals surface area (Å²) in [6.45, 7) is 4.83. The molecular formula is C19H14O12. The largest absolute Gasteiger partial charge is 0.390 e. The number of esters is 8. The van der Waals surface area contributed by atoms with Crippen LogP contribution in [0.4, 0.5) is 0 Å². The number of hydrogen-bond donors (Lipinski definition) is 0. The van der Waals surface area contributed by atoms with Crippen molar-refractivity contribution in [3.63, 3.8) is 0 Å². The van der Waals surface area contributed by atoms with Crippen molar-refractivity contribution in [2.45, 2.75) is 19.8 Å². The Balaban J connectivity index is 0.000000207. The molecule has 1 saturated heterocycles. The van der Waals surface area contributed by atoms with Gasteiger partial charge in [0.15, 0.2) is 0 Å². The number of ether oxygens (including phenoxy) is 4. The van der Waals surface area contributed by atoms with Crippen LogP contribution in [0.3, 0.4) is 0 Å². The topological polar surface area (TPSA) is 173 Å². The monoisotopic (exact) mass is 434 g/mol. The van der Waals surface area contributed by atoms with Gasteiger partial charge >= 0.3 is 47.8 Å². The van der Waals surface area contributed by atoms with Crippen molar-refractivity contribution in [1.29, 1.82) is 0 Å². The summed E-state index contributed by atoms with van der Waals surface area (Å²) in [6.07, 6.45) is 6.33. The first-order chi connectivity index (χ1) is 14.5. The average molecular weight is 434 g/mol. The van der Waals surface area contributed by atoms with E-state index in [1.807, 2.05) is 0 Å². The highest BCUT2D eigenvalue weighted by molar-refractivity contribution is 6.08. The van der Waals surface area contributed by atoms with Gasteiger partial charge in [-0.05, 0) is 6.92 Å². The van der Waals surface area contributed by atoms with Crippen LogP contribution in [0.25, 0.3) is 0 Å². The normalized spacial score (nSPS) is 18.5. The number of cyclic esters (lactones) is 8. The van der Waals surface area contributed by atoms with Crippen LogP contribution >= 0.6 is 0 Å². The Kier molecular flexibility index (Phi) is 9.11. The molecule has 0 atom stereocenters. The quantitative estimate of drug-likeness (QED) is 0.211. The molecule has 0 aromatic carbocycles. The van der Waals surface area contributed by atoms with Crippen LogP contribution in [-0.2, 0) is 57.3 Å². The minimum atomic E-state index is -0.588. The molecule has 0 N–H and O–H groups in total. The molecule has 0 aromatic rings. The Bertz CT molecular complexity index is 914. The Hall–Kier alpha value is -4.48. The molecule has 1 fully saturated rings. The summed E-state index contributed by atoms with van der Waals surface area (Å²) in [7, 11) is 0. The first kappa shape index (κ1) is 24.6. The van der Waals surface area contributed by atoms with Crippen LogP contribution in [0.15, 0.2) is 48.1 Å². The standard InChI is InChI=1S/3C5H4O3.C4H2O3/c2*1-3-2-4(6)8-5(3)7;6-4-2-1-3-5(7)8-4;5-3-1-2-4(6)7-3/h2H,1H3;1-2H2;1-2H,3H2;1-2H. The van der Waals surface area contributed by atoms with Crippen LogP contribution in [-0.4, -0.2) is 47.8 Å². The summed E-state index contributed by atoms with van der Waals surface area (Å²) < 4.78 is 16.3. The third-order valence-electron chi connectivity index (χ3n) is 3.01. The molecule has 4 aliphatic heterocycles. The van der Waals surface area contributed by atoms with Crippen molar-refractivity contribution in [3.05, 3.63) is 48.1 Å². The molecule has 4 rings (SSSR count). The minimum absolute atomic E-state index is 0.0544. The lowest BCUT2D eigenvalue weighted by Crippen LogP contribution is -2.12. The van der Waals surface area contributed by atoms with E-state index in [-0.39, 0.29) is 18.4 Å². The molecule has 4 heterocycles. The zero-order chi connectivity index (χ0) is 23.6. The van der Waals surface area contributed by atoms with Crippen LogP contribution < -0.4 is 0 Å². The Morgan fingerprint density at radius 1 is 0.677 bits per heavy atom. The van der Waals surface area contributed by atoms with E-state index in [2.05, 4.69) is 25.5 Å². The van der Waals surface area contributed by atoms with E-state index in [1.54, 1.807) is 0 Å². The lowest BCUT2D eigenvalue weighted by molar-refractivity contribution is -0.157. The SMILES string of the molecule is C=C1CC(=O)OC1=O.CC1=CC(=O)OC1=O.O=C1C=CC(=O)O1.O=C1C=CCC(=O)O1. The maximum Gasteiger partial charge on any atom is 0.341 e. The molecule has 0 bridgehead atoms. The summed E-state index contributed by atoms with van der Waals surface area (Å²) in [5.41, 5.74) is 0.616. The summed E-state index contributed by atoms with van der Waals surface area (Å²) in [5, 5.41) is 0. The summed E-state index contributed by atoms with van der Waals surface area (Å²) >= 11 is 0. The van der Waals surface area contributed by atoms with Gasteiger partial charge in [0.25, 0.3) is 0 Å². The van der Waals surface area contributed by atoms with E-state index < -0.39 is 47.8 Å². The molecule has 4 aliphatic rings. The van der Waals surface area contributed by atoms with Crippen molar-refractivity contribution in [2.75, 3.05) is 0 Å². The number of carbonyl (C=O) groups is 8. The Labute approximate surface area is 173 Å². The highest BCUT2D eigenvalue weighted by Crippen LogP contribution is 2.10. The van der Waals surface area contributed by atoms with Crippen LogP contribution in [0.5, 0.6) is 0 Å². The molecule has 0 radical (unpaired) electrons. The second-order valence-corrected chi connectivity index (χ2v) is 5.55. The van der Waals surface area contributed by atoms with Gasteiger partial charge in [-0.15, -0.1) is 0 Å². The van der Waals surface area contributed by atoms with Gasteiger partial charge in [-0.3, -0.25) is 9.59 Å². The van der Waals surface area contributed by atoms with Crippen LogP contribution in [0.1, 0.15) is 19.8 Å². The first-order valence-corrected chi connectivity index (χ1v) is 8.20. The van der Waals surface area contributed by atoms with Crippen LogP contribution in [0.2, 0.25) is 0 Å². The minimum Gasteiger partial charge on any atom is -0.390 e. The summed E-state index contributed by atoms with van der Waals surface area (Å²) in [6, 6.07) is 0. The third-order valence-corrected chi connectivity index (χ3v) is 3.01. The average Bonchev–Trinajstić information content (AvgIpc) is 3.28. The Morgan fingerprint density at radius 3 is 1.45 bits per heavy atom. The van der Waals surface area contributed by atoms with Gasteiger partial charge in [-0.1, -0.05) is 12.7 Å². The predicted molar refractivity (Wildman–Crippen MR) is 94.8 cm³/mol. The molecule has 0 saturated carbocycles. The number of rotatable bonds is 0. The Morgan fingerprint density at radius 2 is 1.26 bits per heavy atom. The van der Waals surface area contributed by atoms with E-state index in [0.29, 0.717) is 5.57 Å². The van der Waals surface area contributed by atoms with Gasteiger partial charge in [0.05, 0.1) is 12.8 Å². The van der Waals surface area contributed by atoms with Crippen molar-refractivity contribution in [2.24, 2.45) is 0 Å². The van der Waals surface area contributed by atoms with Crippen molar-refractivity contribution in [1.82, 2.24) is 0 Å². The zero-order valence-corrected chi connectivity index (χ0v) is 15.9. The predicted octanol–water partition coefficient (Wildman–Crippen LogP) is -0.326. The van der Waals surface area contributed by atoms with Crippen molar-refractivity contribution in [3.8, 4) is 0 Å². The van der Waals surface area contributed by atoms with E-state index in [1.165, 1.54) is 25.2 Å². The molecule has 162 valence electrons. The number of carbonyl (C=O) groups excluding carboxylic acids is 8. The molecule has 31 heavy (non-hydrogen) atoms. The lowest BCUT2D eigenvalue weighted by Gasteiger charge is -1.99. The first-order valence-electron chi connectivity index (χ1n) is 8.20. The molecule has 0 unspecified atom stereocenters. The van der Waals surface area contributed by atoms with Gasteiger partial charge in [-0.2, -0.15) is 0 Å². The summed E-state index contributed by atoms with van der Waals surface area (Å²) in [5.74, 6) is -4.38. The van der Waals surface area contributed by atoms with Gasteiger partial charge in [-0.25, -0.2) is 28.8 Å². The molecule has 12 nitrogen and oxygen atoms in total. The molecule has 0 amide bonds. The van der Waals surface area contributed by atoms with Gasteiger partial charge in [0, 0.05) is 35.5 Å². The zero-order valence-electron chi connectivity index (χ0n) is 15.9. The fraction of sp³-hybridized carbons (Fsp3) is 0.158. The fourth-order valence-electron chi connectivity index (χ4n) is 1.64. The van der Waals surface area contributed by atoms with E-state index in [9.17, 15) is 38.4 Å². The van der Waals surface area contributed by atoms with E-state index in [0.717, 1.165) is 12.2 Å². The molecule has 0 aliphatic carbocycles.